The van der Waals surface area contributed by atoms with Gasteiger partial charge in [0, 0.05) is 18.6 Å². The van der Waals surface area contributed by atoms with Gasteiger partial charge >= 0.3 is 0 Å². The lowest BCUT2D eigenvalue weighted by atomic mass is 10.1. The summed E-state index contributed by atoms with van der Waals surface area (Å²) in [4.78, 5) is 27.7. The maximum atomic E-state index is 13.3. The van der Waals surface area contributed by atoms with Crippen molar-refractivity contribution in [2.75, 3.05) is 12.4 Å². The number of fused-ring (bicyclic) bond motifs is 2. The molecular formula is C22H21ClN6O3. The molecule has 1 amide bonds. The minimum atomic E-state index is -0.892. The molecule has 5 rings (SSSR count). The number of carbonyl (C=O) groups excluding carboxylic acids is 1. The molecule has 5 atom stereocenters. The topological polar surface area (TPSA) is 135 Å². The number of anilines is 1. The molecule has 2 fully saturated rings. The Morgan fingerprint density at radius 2 is 2.12 bits per heavy atom. The molecule has 0 radical (unpaired) electrons. The Kier molecular flexibility index (Phi) is 5.08. The lowest BCUT2D eigenvalue weighted by Gasteiger charge is -2.24. The number of nitrogens with one attached hydrogen (secondary N) is 1. The van der Waals surface area contributed by atoms with Gasteiger partial charge in [-0.25, -0.2) is 9.97 Å². The SMILES string of the molecule is CN(Cc1cc(Cl)ccc1C#N)C(=O)C1=NCc2ncnc(N[C@H]3[C@H](O)[C@H](O)[C@@H]4C[C@@H]43)c21. The number of nitriles is 1. The van der Waals surface area contributed by atoms with E-state index in [4.69, 9.17) is 11.6 Å². The van der Waals surface area contributed by atoms with E-state index in [0.717, 1.165) is 6.42 Å². The number of aromatic nitrogens is 2. The molecule has 2 heterocycles. The summed E-state index contributed by atoms with van der Waals surface area (Å²) >= 11 is 6.07. The summed E-state index contributed by atoms with van der Waals surface area (Å²) in [5, 5.41) is 33.6. The van der Waals surface area contributed by atoms with Crippen LogP contribution in [-0.2, 0) is 17.9 Å². The maximum Gasteiger partial charge on any atom is 0.272 e. The largest absolute Gasteiger partial charge is 0.390 e. The number of aliphatic imine (C=N–C) groups is 1. The zero-order chi connectivity index (χ0) is 22.6. The molecule has 0 bridgehead atoms. The van der Waals surface area contributed by atoms with Crippen molar-refractivity contribution in [3.63, 3.8) is 0 Å². The number of amides is 1. The van der Waals surface area contributed by atoms with Gasteiger partial charge < -0.3 is 20.4 Å². The number of likely N-dealkylation sites (N-methyl/N-ethyl adjacent to an activating group) is 1. The number of aliphatic hydroxyl groups is 2. The van der Waals surface area contributed by atoms with Crippen molar-refractivity contribution in [2.24, 2.45) is 16.8 Å². The van der Waals surface area contributed by atoms with Crippen LogP contribution in [0.25, 0.3) is 0 Å². The van der Waals surface area contributed by atoms with E-state index in [9.17, 15) is 20.3 Å². The maximum absolute atomic E-state index is 13.3. The molecule has 3 aliphatic rings. The Morgan fingerprint density at radius 1 is 1.31 bits per heavy atom. The van der Waals surface area contributed by atoms with Gasteiger partial charge in [0.2, 0.25) is 0 Å². The van der Waals surface area contributed by atoms with Gasteiger partial charge in [0.1, 0.15) is 24.0 Å². The second-order valence-electron chi connectivity index (χ2n) is 8.50. The quantitative estimate of drug-likeness (QED) is 0.618. The molecule has 32 heavy (non-hydrogen) atoms. The molecule has 1 aromatic carbocycles. The van der Waals surface area contributed by atoms with E-state index in [0.29, 0.717) is 33.2 Å². The van der Waals surface area contributed by atoms with Crippen LogP contribution in [-0.4, -0.2) is 62.0 Å². The van der Waals surface area contributed by atoms with Crippen LogP contribution in [0.4, 0.5) is 5.82 Å². The van der Waals surface area contributed by atoms with Crippen molar-refractivity contribution < 1.29 is 15.0 Å². The second kappa shape index (κ2) is 7.81. The van der Waals surface area contributed by atoms with E-state index in [1.165, 1.54) is 11.2 Å². The normalized spacial score (nSPS) is 27.2. The predicted octanol–water partition coefficient (Wildman–Crippen LogP) is 1.11. The highest BCUT2D eigenvalue weighted by Gasteiger charge is 2.59. The van der Waals surface area contributed by atoms with Crippen molar-refractivity contribution in [1.82, 2.24) is 14.9 Å². The highest BCUT2D eigenvalue weighted by molar-refractivity contribution is 6.47. The van der Waals surface area contributed by atoms with E-state index in [1.54, 1.807) is 25.2 Å². The highest BCUT2D eigenvalue weighted by atomic mass is 35.5. The van der Waals surface area contributed by atoms with Gasteiger partial charge in [0.15, 0.2) is 0 Å². The summed E-state index contributed by atoms with van der Waals surface area (Å²) in [5.41, 5.74) is 2.45. The minimum absolute atomic E-state index is 0.102. The summed E-state index contributed by atoms with van der Waals surface area (Å²) in [6, 6.07) is 6.71. The fourth-order valence-electron chi connectivity index (χ4n) is 4.73. The molecule has 0 saturated heterocycles. The number of halogens is 1. The van der Waals surface area contributed by atoms with Gasteiger partial charge in [0.25, 0.3) is 5.91 Å². The Bertz CT molecular complexity index is 1180. The first-order valence-electron chi connectivity index (χ1n) is 10.3. The molecule has 1 aliphatic heterocycles. The Morgan fingerprint density at radius 3 is 2.84 bits per heavy atom. The van der Waals surface area contributed by atoms with Gasteiger partial charge in [-0.2, -0.15) is 5.26 Å². The van der Waals surface area contributed by atoms with Crippen LogP contribution in [0.2, 0.25) is 5.02 Å². The first kappa shape index (κ1) is 20.8. The fourth-order valence-corrected chi connectivity index (χ4v) is 4.92. The lowest BCUT2D eigenvalue weighted by molar-refractivity contribution is -0.123. The van der Waals surface area contributed by atoms with Crippen LogP contribution in [0, 0.1) is 23.2 Å². The third kappa shape index (κ3) is 3.41. The second-order valence-corrected chi connectivity index (χ2v) is 8.93. The smallest absolute Gasteiger partial charge is 0.272 e. The molecule has 1 aromatic heterocycles. The van der Waals surface area contributed by atoms with Crippen molar-refractivity contribution in [1.29, 1.82) is 5.26 Å². The Hall–Kier alpha value is -3.06. The van der Waals surface area contributed by atoms with Crippen molar-refractivity contribution in [2.45, 2.75) is 37.8 Å². The van der Waals surface area contributed by atoms with Crippen molar-refractivity contribution >= 4 is 29.0 Å². The molecule has 3 N–H and O–H groups in total. The van der Waals surface area contributed by atoms with E-state index >= 15 is 0 Å². The number of rotatable bonds is 5. The monoisotopic (exact) mass is 452 g/mol. The van der Waals surface area contributed by atoms with Crippen LogP contribution >= 0.6 is 11.6 Å². The summed E-state index contributed by atoms with van der Waals surface area (Å²) in [7, 11) is 1.63. The molecule has 164 valence electrons. The van der Waals surface area contributed by atoms with Crippen molar-refractivity contribution in [3.8, 4) is 6.07 Å². The molecule has 0 spiro atoms. The van der Waals surface area contributed by atoms with Gasteiger partial charge in [-0.15, -0.1) is 0 Å². The molecule has 10 heteroatoms. The zero-order valence-corrected chi connectivity index (χ0v) is 18.0. The number of benzene rings is 1. The summed E-state index contributed by atoms with van der Waals surface area (Å²) in [6.45, 7) is 0.439. The summed E-state index contributed by atoms with van der Waals surface area (Å²) in [6.07, 6.45) is 0.616. The van der Waals surface area contributed by atoms with Crippen LogP contribution in [0.3, 0.4) is 0 Å². The number of hydrogen-bond acceptors (Lipinski definition) is 8. The van der Waals surface area contributed by atoms with E-state index in [2.05, 4.69) is 26.3 Å². The molecule has 0 unspecified atom stereocenters. The minimum Gasteiger partial charge on any atom is -0.390 e. The number of aliphatic hydroxyl groups excluding tert-OH is 2. The van der Waals surface area contributed by atoms with Gasteiger partial charge in [-0.05, 0) is 42.0 Å². The van der Waals surface area contributed by atoms with Crippen LogP contribution in [0.5, 0.6) is 0 Å². The Labute approximate surface area is 189 Å². The number of hydrogen-bond donors (Lipinski definition) is 3. The first-order valence-corrected chi connectivity index (χ1v) is 10.7. The van der Waals surface area contributed by atoms with Gasteiger partial charge in [-0.1, -0.05) is 11.6 Å². The molecular weight excluding hydrogens is 432 g/mol. The van der Waals surface area contributed by atoms with E-state index in [1.807, 2.05) is 0 Å². The summed E-state index contributed by atoms with van der Waals surface area (Å²) in [5.74, 6) is 0.377. The standard InChI is InChI=1S/C22H21ClN6O3/c1-29(8-11-4-12(23)3-2-10(11)6-24)22(32)18-16-15(7-25-18)26-9-27-21(16)28-17-13-5-14(13)19(30)20(17)31/h2-4,9,13-14,17,19-20,30-31H,5,7-8H2,1H3,(H,26,27,28)/t13-,14+,17+,19+,20-/m0/s1. The van der Waals surface area contributed by atoms with Gasteiger partial charge in [-0.3, -0.25) is 9.79 Å². The average Bonchev–Trinajstić information content (AvgIpc) is 3.39. The van der Waals surface area contributed by atoms with Crippen molar-refractivity contribution in [3.05, 3.63) is 51.9 Å². The highest BCUT2D eigenvalue weighted by Crippen LogP contribution is 2.52. The summed E-state index contributed by atoms with van der Waals surface area (Å²) < 4.78 is 0. The predicted molar refractivity (Wildman–Crippen MR) is 116 cm³/mol. The van der Waals surface area contributed by atoms with Crippen LogP contribution in [0.15, 0.2) is 29.5 Å². The third-order valence-electron chi connectivity index (χ3n) is 6.51. The van der Waals surface area contributed by atoms with Crippen LogP contribution in [0.1, 0.15) is 28.8 Å². The fraction of sp³-hybridized carbons (Fsp3) is 0.409. The molecule has 2 aromatic rings. The Balaban J connectivity index is 1.39. The molecule has 9 nitrogen and oxygen atoms in total. The lowest BCUT2D eigenvalue weighted by Crippen LogP contribution is -2.39. The van der Waals surface area contributed by atoms with E-state index < -0.39 is 12.2 Å². The molecule has 2 saturated carbocycles. The number of nitrogens with zero attached hydrogens (tertiary/aromatic N) is 5. The number of carbonyl (C=O) groups is 1. The zero-order valence-electron chi connectivity index (χ0n) is 17.2. The molecule has 2 aliphatic carbocycles. The van der Waals surface area contributed by atoms with Gasteiger partial charge in [0.05, 0.1) is 41.6 Å². The third-order valence-corrected chi connectivity index (χ3v) is 6.74. The van der Waals surface area contributed by atoms with Crippen LogP contribution < -0.4 is 5.32 Å². The van der Waals surface area contributed by atoms with E-state index in [-0.39, 0.29) is 42.6 Å². The first-order chi connectivity index (χ1) is 15.4. The average molecular weight is 453 g/mol.